The van der Waals surface area contributed by atoms with Gasteiger partial charge in [-0.1, -0.05) is 91.0 Å². The van der Waals surface area contributed by atoms with Crippen molar-refractivity contribution >= 4 is 5.78 Å². The van der Waals surface area contributed by atoms with Gasteiger partial charge in [-0.3, -0.25) is 14.8 Å². The molecule has 0 fully saturated rings. The zero-order chi connectivity index (χ0) is 31.4. The SMILES string of the molecule is O=C(c1cc(-c2ccccc2)cc(-c2ccccc2)c1)c1ccc2c(c1)Oc1ccccc1C21c2cnccc2Oc2ccncc21. The Morgan fingerprint density at radius 1 is 0.447 bits per heavy atom. The van der Waals surface area contributed by atoms with Gasteiger partial charge in [0.15, 0.2) is 5.78 Å². The topological polar surface area (TPSA) is 61.3 Å². The zero-order valence-corrected chi connectivity index (χ0v) is 25.1. The summed E-state index contributed by atoms with van der Waals surface area (Å²) in [6, 6.07) is 44.0. The van der Waals surface area contributed by atoms with Gasteiger partial charge >= 0.3 is 0 Å². The third kappa shape index (κ3) is 4.21. The summed E-state index contributed by atoms with van der Waals surface area (Å²) in [5.74, 6) is 2.65. The molecule has 0 saturated heterocycles. The first kappa shape index (κ1) is 27.0. The van der Waals surface area contributed by atoms with Gasteiger partial charge in [0.25, 0.3) is 0 Å². The number of carbonyl (C=O) groups is 1. The number of rotatable bonds is 4. The predicted octanol–water partition coefficient (Wildman–Crippen LogP) is 9.64. The average Bonchev–Trinajstić information content (AvgIpc) is 3.14. The Bertz CT molecular complexity index is 2210. The van der Waals surface area contributed by atoms with Crippen LogP contribution in [0.5, 0.6) is 23.0 Å². The van der Waals surface area contributed by atoms with Crippen molar-refractivity contribution in [1.29, 1.82) is 0 Å². The quantitative estimate of drug-likeness (QED) is 0.187. The molecular formula is C42H26N2O3. The van der Waals surface area contributed by atoms with Gasteiger partial charge in [-0.05, 0) is 64.7 Å². The fourth-order valence-electron chi connectivity index (χ4n) is 7.06. The van der Waals surface area contributed by atoms with E-state index in [-0.39, 0.29) is 5.78 Å². The van der Waals surface area contributed by atoms with Crippen LogP contribution in [-0.4, -0.2) is 15.8 Å². The van der Waals surface area contributed by atoms with Crippen LogP contribution >= 0.6 is 0 Å². The van der Waals surface area contributed by atoms with E-state index in [2.05, 4.69) is 46.4 Å². The molecule has 0 aliphatic carbocycles. The van der Waals surface area contributed by atoms with Crippen LogP contribution in [0.3, 0.4) is 0 Å². The number of nitrogens with zero attached hydrogens (tertiary/aromatic N) is 2. The van der Waals surface area contributed by atoms with Crippen molar-refractivity contribution in [2.45, 2.75) is 5.41 Å². The summed E-state index contributed by atoms with van der Waals surface area (Å²) < 4.78 is 13.0. The molecule has 0 saturated carbocycles. The molecule has 5 nitrogen and oxygen atoms in total. The number of fused-ring (bicyclic) bond motifs is 8. The molecule has 1 spiro atoms. The molecule has 9 rings (SSSR count). The highest BCUT2D eigenvalue weighted by Crippen LogP contribution is 2.61. The maximum Gasteiger partial charge on any atom is 0.193 e. The van der Waals surface area contributed by atoms with Crippen molar-refractivity contribution in [3.8, 4) is 45.3 Å². The molecule has 7 aromatic rings. The maximum atomic E-state index is 14.4. The third-order valence-corrected chi connectivity index (χ3v) is 9.16. The van der Waals surface area contributed by atoms with Gasteiger partial charge < -0.3 is 9.47 Å². The smallest absolute Gasteiger partial charge is 0.193 e. The summed E-state index contributed by atoms with van der Waals surface area (Å²) in [7, 11) is 0. The van der Waals surface area contributed by atoms with Crippen molar-refractivity contribution in [1.82, 2.24) is 9.97 Å². The zero-order valence-electron chi connectivity index (χ0n) is 25.1. The van der Waals surface area contributed by atoms with Crippen molar-refractivity contribution in [3.05, 3.63) is 192 Å². The molecule has 5 aromatic carbocycles. The average molecular weight is 607 g/mol. The Kier molecular flexibility index (Phi) is 6.12. The van der Waals surface area contributed by atoms with Crippen LogP contribution in [0.1, 0.15) is 38.2 Å². The number of carbonyl (C=O) groups excluding carboxylic acids is 1. The lowest BCUT2D eigenvalue weighted by Gasteiger charge is -2.44. The second-order valence-electron chi connectivity index (χ2n) is 11.8. The van der Waals surface area contributed by atoms with E-state index in [1.54, 1.807) is 12.4 Å². The summed E-state index contributed by atoms with van der Waals surface area (Å²) >= 11 is 0. The van der Waals surface area contributed by atoms with Gasteiger partial charge in [-0.15, -0.1) is 0 Å². The van der Waals surface area contributed by atoms with Crippen molar-refractivity contribution in [2.75, 3.05) is 0 Å². The van der Waals surface area contributed by atoms with Crippen LogP contribution in [0.15, 0.2) is 158 Å². The number of ether oxygens (including phenoxy) is 2. The summed E-state index contributed by atoms with van der Waals surface area (Å²) in [5.41, 5.74) is 8.00. The summed E-state index contributed by atoms with van der Waals surface area (Å²) in [6.45, 7) is 0. The highest BCUT2D eigenvalue weighted by Gasteiger charge is 2.51. The minimum absolute atomic E-state index is 0.0876. The maximum absolute atomic E-state index is 14.4. The summed E-state index contributed by atoms with van der Waals surface area (Å²) in [4.78, 5) is 23.5. The van der Waals surface area contributed by atoms with E-state index in [4.69, 9.17) is 9.47 Å². The number of pyridine rings is 2. The van der Waals surface area contributed by atoms with Gasteiger partial charge in [0.05, 0.1) is 5.41 Å². The van der Waals surface area contributed by atoms with Gasteiger partial charge in [0, 0.05) is 58.2 Å². The predicted molar refractivity (Wildman–Crippen MR) is 181 cm³/mol. The van der Waals surface area contributed by atoms with Crippen molar-refractivity contribution in [3.63, 3.8) is 0 Å². The minimum atomic E-state index is -0.815. The second-order valence-corrected chi connectivity index (χ2v) is 11.8. The molecule has 0 unspecified atom stereocenters. The molecule has 0 atom stereocenters. The second kappa shape index (κ2) is 10.6. The number of aromatic nitrogens is 2. The van der Waals surface area contributed by atoms with Crippen LogP contribution in [-0.2, 0) is 5.41 Å². The molecule has 222 valence electrons. The Labute approximate surface area is 271 Å². The first-order valence-corrected chi connectivity index (χ1v) is 15.5. The Balaban J connectivity index is 1.23. The lowest BCUT2D eigenvalue weighted by molar-refractivity contribution is 0.103. The molecule has 2 aliphatic heterocycles. The Morgan fingerprint density at radius 2 is 0.979 bits per heavy atom. The highest BCUT2D eigenvalue weighted by molar-refractivity contribution is 6.10. The van der Waals surface area contributed by atoms with Crippen LogP contribution < -0.4 is 9.47 Å². The number of hydrogen-bond donors (Lipinski definition) is 0. The van der Waals surface area contributed by atoms with Gasteiger partial charge in [0.1, 0.15) is 23.0 Å². The first-order chi connectivity index (χ1) is 23.2. The molecule has 0 radical (unpaired) electrons. The lowest BCUT2D eigenvalue weighted by Crippen LogP contribution is -2.37. The highest BCUT2D eigenvalue weighted by atomic mass is 16.5. The molecule has 2 aliphatic rings. The summed E-state index contributed by atoms with van der Waals surface area (Å²) in [5, 5.41) is 0. The van der Waals surface area contributed by atoms with E-state index < -0.39 is 5.41 Å². The van der Waals surface area contributed by atoms with E-state index in [0.717, 1.165) is 44.5 Å². The molecule has 2 aromatic heterocycles. The van der Waals surface area contributed by atoms with Crippen LogP contribution in [0.2, 0.25) is 0 Å². The monoisotopic (exact) mass is 606 g/mol. The molecule has 4 heterocycles. The number of ketones is 1. The van der Waals surface area contributed by atoms with E-state index in [1.807, 2.05) is 109 Å². The Morgan fingerprint density at radius 3 is 1.62 bits per heavy atom. The normalized spacial score (nSPS) is 13.3. The van der Waals surface area contributed by atoms with E-state index in [0.29, 0.717) is 34.1 Å². The molecule has 0 bridgehead atoms. The fraction of sp³-hybridized carbons (Fsp3) is 0.0238. The number of para-hydroxylation sites is 1. The number of benzene rings is 5. The van der Waals surface area contributed by atoms with Crippen molar-refractivity contribution in [2.24, 2.45) is 0 Å². The fourth-order valence-corrected chi connectivity index (χ4v) is 7.06. The van der Waals surface area contributed by atoms with Crippen LogP contribution in [0.25, 0.3) is 22.3 Å². The van der Waals surface area contributed by atoms with Gasteiger partial charge in [-0.25, -0.2) is 0 Å². The van der Waals surface area contributed by atoms with E-state index >= 15 is 0 Å². The molecule has 0 amide bonds. The Hall–Kier alpha value is -6.33. The first-order valence-electron chi connectivity index (χ1n) is 15.5. The van der Waals surface area contributed by atoms with E-state index in [1.165, 1.54) is 0 Å². The van der Waals surface area contributed by atoms with Crippen molar-refractivity contribution < 1.29 is 14.3 Å². The standard InChI is InChI=1S/C42H26N2O3/c45-41(32-22-30(27-9-3-1-4-10-27)21-31(23-32)28-11-5-2-6-12-28)29-15-16-34-40(24-29)47-37-14-8-7-13-33(37)42(34)35-25-43-19-17-38(35)46-39-18-20-44-26-36(39)42/h1-26H. The molecule has 47 heavy (non-hydrogen) atoms. The van der Waals surface area contributed by atoms with Gasteiger partial charge in [-0.2, -0.15) is 0 Å². The molecule has 0 N–H and O–H groups in total. The molecular weight excluding hydrogens is 580 g/mol. The lowest BCUT2D eigenvalue weighted by atomic mass is 9.63. The van der Waals surface area contributed by atoms with Crippen LogP contribution in [0.4, 0.5) is 0 Å². The summed E-state index contributed by atoms with van der Waals surface area (Å²) in [6.07, 6.45) is 7.19. The van der Waals surface area contributed by atoms with Crippen LogP contribution in [0, 0.1) is 0 Å². The third-order valence-electron chi connectivity index (χ3n) is 9.16. The minimum Gasteiger partial charge on any atom is -0.457 e. The van der Waals surface area contributed by atoms with Gasteiger partial charge in [0.2, 0.25) is 0 Å². The van der Waals surface area contributed by atoms with E-state index in [9.17, 15) is 4.79 Å². The largest absolute Gasteiger partial charge is 0.457 e. The number of hydrogen-bond acceptors (Lipinski definition) is 5. The molecule has 5 heteroatoms.